The van der Waals surface area contributed by atoms with Crippen molar-refractivity contribution in [2.45, 2.75) is 0 Å². The monoisotopic (exact) mass is 201 g/mol. The molecule has 2 N–H and O–H groups in total. The topological polar surface area (TPSA) is 60.9 Å². The van der Waals surface area contributed by atoms with E-state index in [1.807, 2.05) is 30.3 Å². The van der Waals surface area contributed by atoms with E-state index >= 15 is 0 Å². The smallest absolute Gasteiger partial charge is 0.255 e. The average Bonchev–Trinajstić information content (AvgIpc) is 2.24. The normalized spacial score (nSPS) is 10.2. The Bertz CT molecular complexity index is 531. The molecule has 0 saturated carbocycles. The first-order chi connectivity index (χ1) is 7.18. The van der Waals surface area contributed by atoms with E-state index in [2.05, 4.69) is 4.98 Å². The highest BCUT2D eigenvalue weighted by Gasteiger charge is 2.05. The maximum atomic E-state index is 11.5. The molecule has 0 spiro atoms. The number of nitrogen functional groups attached to an aromatic ring is 1. The molecule has 0 aliphatic rings. The van der Waals surface area contributed by atoms with Crippen molar-refractivity contribution in [2.75, 3.05) is 5.73 Å². The Morgan fingerprint density at radius 3 is 2.60 bits per heavy atom. The van der Waals surface area contributed by atoms with E-state index in [1.54, 1.807) is 7.05 Å². The van der Waals surface area contributed by atoms with Crippen LogP contribution < -0.4 is 11.3 Å². The standard InChI is InChI=1S/C11H11N3O/c1-14-10(15)7-9(12)13-11(14)8-5-3-2-4-6-8/h2-7H,12H2,1H3. The summed E-state index contributed by atoms with van der Waals surface area (Å²) >= 11 is 0. The maximum absolute atomic E-state index is 11.5. The lowest BCUT2D eigenvalue weighted by molar-refractivity contribution is 0.841. The van der Waals surface area contributed by atoms with Gasteiger partial charge in [0.25, 0.3) is 5.56 Å². The van der Waals surface area contributed by atoms with Crippen molar-refractivity contribution in [3.05, 3.63) is 46.8 Å². The minimum Gasteiger partial charge on any atom is -0.383 e. The molecule has 0 saturated heterocycles. The Morgan fingerprint density at radius 2 is 1.93 bits per heavy atom. The second-order valence-electron chi connectivity index (χ2n) is 3.27. The SMILES string of the molecule is Cn1c(-c2ccccc2)nc(N)cc1=O. The van der Waals surface area contributed by atoms with Gasteiger partial charge in [-0.2, -0.15) is 0 Å². The van der Waals surface area contributed by atoms with Crippen molar-refractivity contribution >= 4 is 5.82 Å². The molecule has 0 bridgehead atoms. The zero-order valence-corrected chi connectivity index (χ0v) is 8.34. The number of nitrogens with two attached hydrogens (primary N) is 1. The molecule has 0 aliphatic heterocycles. The van der Waals surface area contributed by atoms with Crippen LogP contribution in [0.25, 0.3) is 11.4 Å². The molecular formula is C11H11N3O. The third kappa shape index (κ3) is 1.74. The van der Waals surface area contributed by atoms with E-state index in [1.165, 1.54) is 10.6 Å². The van der Waals surface area contributed by atoms with Crippen LogP contribution in [0.2, 0.25) is 0 Å². The number of aromatic nitrogens is 2. The lowest BCUT2D eigenvalue weighted by atomic mass is 10.2. The van der Waals surface area contributed by atoms with Crippen LogP contribution in [-0.2, 0) is 7.05 Å². The predicted octanol–water partition coefficient (Wildman–Crippen LogP) is 1.03. The fourth-order valence-electron chi connectivity index (χ4n) is 1.40. The van der Waals surface area contributed by atoms with Gasteiger partial charge in [-0.25, -0.2) is 4.98 Å². The minimum absolute atomic E-state index is 0.152. The predicted molar refractivity (Wildman–Crippen MR) is 59.3 cm³/mol. The molecule has 2 rings (SSSR count). The van der Waals surface area contributed by atoms with Gasteiger partial charge >= 0.3 is 0 Å². The summed E-state index contributed by atoms with van der Waals surface area (Å²) < 4.78 is 1.48. The first kappa shape index (κ1) is 9.45. The van der Waals surface area contributed by atoms with E-state index in [4.69, 9.17) is 5.73 Å². The molecule has 0 atom stereocenters. The van der Waals surface area contributed by atoms with Crippen LogP contribution >= 0.6 is 0 Å². The highest BCUT2D eigenvalue weighted by Crippen LogP contribution is 2.14. The first-order valence-electron chi connectivity index (χ1n) is 4.57. The van der Waals surface area contributed by atoms with E-state index in [0.29, 0.717) is 5.82 Å². The van der Waals surface area contributed by atoms with Crippen LogP contribution in [0.4, 0.5) is 5.82 Å². The quantitative estimate of drug-likeness (QED) is 0.749. The van der Waals surface area contributed by atoms with Crippen molar-refractivity contribution < 1.29 is 0 Å². The molecule has 4 heteroatoms. The first-order valence-corrected chi connectivity index (χ1v) is 4.57. The molecule has 0 unspecified atom stereocenters. The Balaban J connectivity index is 2.68. The molecule has 1 heterocycles. The van der Waals surface area contributed by atoms with Crippen molar-refractivity contribution in [3.8, 4) is 11.4 Å². The lowest BCUT2D eigenvalue weighted by Crippen LogP contribution is -2.20. The Kier molecular flexibility index (Phi) is 2.25. The third-order valence-corrected chi connectivity index (χ3v) is 2.19. The summed E-state index contributed by atoms with van der Waals surface area (Å²) in [6.07, 6.45) is 0. The lowest BCUT2D eigenvalue weighted by Gasteiger charge is -2.07. The van der Waals surface area contributed by atoms with E-state index < -0.39 is 0 Å². The van der Waals surface area contributed by atoms with Gasteiger partial charge in [0.15, 0.2) is 0 Å². The Hall–Kier alpha value is -2.10. The average molecular weight is 201 g/mol. The summed E-state index contributed by atoms with van der Waals surface area (Å²) in [4.78, 5) is 15.6. The number of nitrogens with zero attached hydrogens (tertiary/aromatic N) is 2. The number of hydrogen-bond acceptors (Lipinski definition) is 3. The Morgan fingerprint density at radius 1 is 1.27 bits per heavy atom. The van der Waals surface area contributed by atoms with E-state index in [9.17, 15) is 4.79 Å². The van der Waals surface area contributed by atoms with Gasteiger partial charge in [0.2, 0.25) is 0 Å². The van der Waals surface area contributed by atoms with Crippen molar-refractivity contribution in [2.24, 2.45) is 7.05 Å². The summed E-state index contributed by atoms with van der Waals surface area (Å²) in [5.74, 6) is 0.831. The van der Waals surface area contributed by atoms with E-state index in [0.717, 1.165) is 5.56 Å². The number of anilines is 1. The van der Waals surface area contributed by atoms with Gasteiger partial charge in [-0.05, 0) is 0 Å². The fourth-order valence-corrected chi connectivity index (χ4v) is 1.40. The zero-order chi connectivity index (χ0) is 10.8. The Labute approximate surface area is 87.0 Å². The molecule has 1 aromatic heterocycles. The summed E-state index contributed by atoms with van der Waals surface area (Å²) in [6, 6.07) is 10.8. The van der Waals surface area contributed by atoms with Gasteiger partial charge in [-0.3, -0.25) is 9.36 Å². The summed E-state index contributed by atoms with van der Waals surface area (Å²) in [6.45, 7) is 0. The van der Waals surface area contributed by atoms with Crippen LogP contribution in [0.15, 0.2) is 41.2 Å². The molecule has 0 aliphatic carbocycles. The second kappa shape index (κ2) is 3.57. The largest absolute Gasteiger partial charge is 0.383 e. The van der Waals surface area contributed by atoms with Crippen LogP contribution in [0, 0.1) is 0 Å². The summed E-state index contributed by atoms with van der Waals surface area (Å²) in [7, 11) is 1.68. The van der Waals surface area contributed by atoms with Crippen molar-refractivity contribution in [1.29, 1.82) is 0 Å². The summed E-state index contributed by atoms with van der Waals surface area (Å²) in [5.41, 5.74) is 6.27. The second-order valence-corrected chi connectivity index (χ2v) is 3.27. The van der Waals surface area contributed by atoms with Crippen LogP contribution in [0.1, 0.15) is 0 Å². The summed E-state index contributed by atoms with van der Waals surface area (Å²) in [5, 5.41) is 0. The minimum atomic E-state index is -0.152. The van der Waals surface area contributed by atoms with Gasteiger partial charge in [0.1, 0.15) is 11.6 Å². The van der Waals surface area contributed by atoms with E-state index in [-0.39, 0.29) is 11.4 Å². The molecular weight excluding hydrogens is 190 g/mol. The van der Waals surface area contributed by atoms with Crippen LogP contribution in [0.5, 0.6) is 0 Å². The fraction of sp³-hybridized carbons (Fsp3) is 0.0909. The molecule has 0 radical (unpaired) electrons. The number of benzene rings is 1. The zero-order valence-electron chi connectivity index (χ0n) is 8.34. The third-order valence-electron chi connectivity index (χ3n) is 2.19. The van der Waals surface area contributed by atoms with Crippen molar-refractivity contribution in [3.63, 3.8) is 0 Å². The van der Waals surface area contributed by atoms with Crippen molar-refractivity contribution in [1.82, 2.24) is 9.55 Å². The molecule has 15 heavy (non-hydrogen) atoms. The maximum Gasteiger partial charge on any atom is 0.255 e. The number of hydrogen-bond donors (Lipinski definition) is 1. The molecule has 4 nitrogen and oxygen atoms in total. The van der Waals surface area contributed by atoms with Gasteiger partial charge < -0.3 is 5.73 Å². The molecule has 0 fully saturated rings. The van der Waals surface area contributed by atoms with Gasteiger partial charge in [0.05, 0.1) is 0 Å². The molecule has 2 aromatic rings. The highest BCUT2D eigenvalue weighted by molar-refractivity contribution is 5.56. The van der Waals surface area contributed by atoms with Crippen LogP contribution in [-0.4, -0.2) is 9.55 Å². The van der Waals surface area contributed by atoms with Gasteiger partial charge in [-0.15, -0.1) is 0 Å². The van der Waals surface area contributed by atoms with Gasteiger partial charge in [0, 0.05) is 18.7 Å². The molecule has 0 amide bonds. The molecule has 1 aromatic carbocycles. The van der Waals surface area contributed by atoms with Gasteiger partial charge in [-0.1, -0.05) is 30.3 Å². The van der Waals surface area contributed by atoms with Crippen LogP contribution in [0.3, 0.4) is 0 Å². The molecule has 76 valence electrons. The number of rotatable bonds is 1. The highest BCUT2D eigenvalue weighted by atomic mass is 16.1.